The van der Waals surface area contributed by atoms with Gasteiger partial charge in [-0.25, -0.2) is 9.18 Å². The van der Waals surface area contributed by atoms with Gasteiger partial charge in [0.15, 0.2) is 24.2 Å². The van der Waals surface area contributed by atoms with Crippen LogP contribution in [0.25, 0.3) is 6.08 Å². The van der Waals surface area contributed by atoms with Crippen LogP contribution in [0.15, 0.2) is 48.5 Å². The first-order valence-electron chi connectivity index (χ1n) is 8.85. The van der Waals surface area contributed by atoms with Gasteiger partial charge in [-0.3, -0.25) is 4.79 Å². The lowest BCUT2D eigenvalue weighted by atomic mass is 10.2. The van der Waals surface area contributed by atoms with Crippen molar-refractivity contribution in [3.8, 4) is 11.5 Å². The standard InChI is InChI=1S/C21H19ClFNO5/c1-24(11-14-12-27-18-7-2-3-8-19(18)29-14)20(25)13-28-21(26)10-9-15-16(22)5-4-6-17(15)23/h2-10,14H,11-13H2,1H3/b10-9+. The minimum Gasteiger partial charge on any atom is -0.486 e. The summed E-state index contributed by atoms with van der Waals surface area (Å²) in [5, 5.41) is 0.168. The minimum atomic E-state index is -0.780. The van der Waals surface area contributed by atoms with Crippen LogP contribution in [0.3, 0.4) is 0 Å². The van der Waals surface area contributed by atoms with Gasteiger partial charge in [0.25, 0.3) is 5.91 Å². The smallest absolute Gasteiger partial charge is 0.331 e. The monoisotopic (exact) mass is 419 g/mol. The van der Waals surface area contributed by atoms with Crippen molar-refractivity contribution in [3.05, 3.63) is 64.9 Å². The van der Waals surface area contributed by atoms with Gasteiger partial charge < -0.3 is 19.1 Å². The third-order valence-corrected chi connectivity index (χ3v) is 4.52. The van der Waals surface area contributed by atoms with E-state index >= 15 is 0 Å². The van der Waals surface area contributed by atoms with Crippen molar-refractivity contribution in [3.63, 3.8) is 0 Å². The van der Waals surface area contributed by atoms with Gasteiger partial charge in [0.1, 0.15) is 12.4 Å². The number of nitrogens with zero attached hydrogens (tertiary/aromatic N) is 1. The van der Waals surface area contributed by atoms with Crippen molar-refractivity contribution < 1.29 is 28.2 Å². The van der Waals surface area contributed by atoms with E-state index in [-0.39, 0.29) is 23.2 Å². The molecule has 152 valence electrons. The fourth-order valence-electron chi connectivity index (χ4n) is 2.67. The lowest BCUT2D eigenvalue weighted by Gasteiger charge is -2.29. The van der Waals surface area contributed by atoms with Crippen LogP contribution >= 0.6 is 11.6 Å². The average molecular weight is 420 g/mol. The number of carbonyl (C=O) groups is 2. The maximum absolute atomic E-state index is 13.7. The molecule has 0 aromatic heterocycles. The maximum Gasteiger partial charge on any atom is 0.331 e. The summed E-state index contributed by atoms with van der Waals surface area (Å²) in [4.78, 5) is 25.4. The van der Waals surface area contributed by atoms with Crippen LogP contribution in [-0.4, -0.2) is 49.7 Å². The van der Waals surface area contributed by atoms with Crippen LogP contribution in [0.1, 0.15) is 5.56 Å². The number of rotatable bonds is 6. The molecule has 6 nitrogen and oxygen atoms in total. The van der Waals surface area contributed by atoms with Gasteiger partial charge in [-0.2, -0.15) is 0 Å². The lowest BCUT2D eigenvalue weighted by Crippen LogP contribution is -2.43. The molecule has 1 atom stereocenters. The third kappa shape index (κ3) is 5.48. The molecule has 0 saturated carbocycles. The molecule has 0 bridgehead atoms. The van der Waals surface area contributed by atoms with E-state index in [1.54, 1.807) is 13.1 Å². The summed E-state index contributed by atoms with van der Waals surface area (Å²) >= 11 is 5.88. The van der Waals surface area contributed by atoms with E-state index in [4.69, 9.17) is 25.8 Å². The zero-order valence-electron chi connectivity index (χ0n) is 15.6. The Morgan fingerprint density at radius 3 is 2.76 bits per heavy atom. The molecule has 0 radical (unpaired) electrons. The summed E-state index contributed by atoms with van der Waals surface area (Å²) in [6, 6.07) is 11.5. The highest BCUT2D eigenvalue weighted by Gasteiger charge is 2.24. The number of para-hydroxylation sites is 2. The number of carbonyl (C=O) groups excluding carboxylic acids is 2. The highest BCUT2D eigenvalue weighted by Crippen LogP contribution is 2.30. The second kappa shape index (κ2) is 9.43. The van der Waals surface area contributed by atoms with Gasteiger partial charge in [0, 0.05) is 18.7 Å². The molecule has 1 amide bonds. The number of hydrogen-bond acceptors (Lipinski definition) is 5. The van der Waals surface area contributed by atoms with Crippen molar-refractivity contribution in [2.24, 2.45) is 0 Å². The molecule has 2 aromatic rings. The van der Waals surface area contributed by atoms with Gasteiger partial charge in [-0.15, -0.1) is 0 Å². The van der Waals surface area contributed by atoms with Gasteiger partial charge in [0.2, 0.25) is 0 Å². The van der Waals surface area contributed by atoms with Crippen LogP contribution in [0, 0.1) is 5.82 Å². The van der Waals surface area contributed by atoms with Gasteiger partial charge in [-0.05, 0) is 30.3 Å². The van der Waals surface area contributed by atoms with Crippen LogP contribution in [0.4, 0.5) is 4.39 Å². The van der Waals surface area contributed by atoms with Crippen molar-refractivity contribution in [2.75, 3.05) is 26.8 Å². The summed E-state index contributed by atoms with van der Waals surface area (Å²) in [7, 11) is 1.58. The maximum atomic E-state index is 13.7. The predicted molar refractivity (Wildman–Crippen MR) is 105 cm³/mol. The number of ether oxygens (including phenoxy) is 3. The normalized spacial score (nSPS) is 15.2. The number of halogens is 2. The second-order valence-electron chi connectivity index (χ2n) is 6.35. The molecule has 2 aromatic carbocycles. The van der Waals surface area contributed by atoms with Crippen LogP contribution in [-0.2, 0) is 14.3 Å². The Bertz CT molecular complexity index is 913. The van der Waals surface area contributed by atoms with E-state index in [1.807, 2.05) is 18.2 Å². The molecule has 0 fully saturated rings. The van der Waals surface area contributed by atoms with E-state index in [9.17, 15) is 14.0 Å². The fourth-order valence-corrected chi connectivity index (χ4v) is 2.90. The quantitative estimate of drug-likeness (QED) is 0.531. The van der Waals surface area contributed by atoms with Crippen molar-refractivity contribution >= 4 is 29.6 Å². The lowest BCUT2D eigenvalue weighted by molar-refractivity contribution is -0.148. The zero-order chi connectivity index (χ0) is 20.8. The molecular weight excluding hydrogens is 401 g/mol. The number of esters is 1. The van der Waals surface area contributed by atoms with Crippen molar-refractivity contribution in [1.29, 1.82) is 0 Å². The summed E-state index contributed by atoms with van der Waals surface area (Å²) in [6.07, 6.45) is 1.89. The molecule has 3 rings (SSSR count). The van der Waals surface area contributed by atoms with Crippen LogP contribution < -0.4 is 9.47 Å². The minimum absolute atomic E-state index is 0.0734. The first-order chi connectivity index (χ1) is 13.9. The summed E-state index contributed by atoms with van der Waals surface area (Å²) in [6.45, 7) is 0.126. The molecule has 1 unspecified atom stereocenters. The molecule has 0 aliphatic carbocycles. The summed E-state index contributed by atoms with van der Waals surface area (Å²) in [5.41, 5.74) is 0.0734. The SMILES string of the molecule is CN(CC1COc2ccccc2O1)C(=O)COC(=O)/C=C/c1c(F)cccc1Cl. The van der Waals surface area contributed by atoms with Crippen LogP contribution in [0.2, 0.25) is 5.02 Å². The molecule has 29 heavy (non-hydrogen) atoms. The third-order valence-electron chi connectivity index (χ3n) is 4.19. The Morgan fingerprint density at radius 2 is 2.00 bits per heavy atom. The zero-order valence-corrected chi connectivity index (χ0v) is 16.4. The van der Waals surface area contributed by atoms with E-state index < -0.39 is 24.3 Å². The largest absolute Gasteiger partial charge is 0.486 e. The molecule has 8 heteroatoms. The van der Waals surface area contributed by atoms with E-state index in [0.717, 1.165) is 6.08 Å². The van der Waals surface area contributed by atoms with Crippen molar-refractivity contribution in [1.82, 2.24) is 4.90 Å². The van der Waals surface area contributed by atoms with Crippen LogP contribution in [0.5, 0.6) is 11.5 Å². The van der Waals surface area contributed by atoms with Gasteiger partial charge in [0.05, 0.1) is 11.6 Å². The fraction of sp³-hybridized carbons (Fsp3) is 0.238. The molecule has 0 spiro atoms. The second-order valence-corrected chi connectivity index (χ2v) is 6.76. The molecule has 0 N–H and O–H groups in total. The number of benzene rings is 2. The van der Waals surface area contributed by atoms with Gasteiger partial charge >= 0.3 is 5.97 Å². The number of likely N-dealkylation sites (N-methyl/N-ethyl adjacent to an activating group) is 1. The molecule has 0 saturated heterocycles. The average Bonchev–Trinajstić information content (AvgIpc) is 2.71. The molecular formula is C21H19ClFNO5. The highest BCUT2D eigenvalue weighted by atomic mass is 35.5. The predicted octanol–water partition coefficient (Wildman–Crippen LogP) is 3.33. The summed E-state index contributed by atoms with van der Waals surface area (Å²) < 4.78 is 30.0. The topological polar surface area (TPSA) is 65.1 Å². The highest BCUT2D eigenvalue weighted by molar-refractivity contribution is 6.32. The number of hydrogen-bond donors (Lipinski definition) is 0. The van der Waals surface area contributed by atoms with E-state index in [2.05, 4.69) is 0 Å². The van der Waals surface area contributed by atoms with Gasteiger partial charge in [-0.1, -0.05) is 29.8 Å². The number of amides is 1. The van der Waals surface area contributed by atoms with E-state index in [0.29, 0.717) is 18.1 Å². The first-order valence-corrected chi connectivity index (χ1v) is 9.23. The molecule has 1 aliphatic heterocycles. The molecule has 1 aliphatic rings. The first kappa shape index (κ1) is 20.7. The Balaban J connectivity index is 1.46. The molecule has 1 heterocycles. The van der Waals surface area contributed by atoms with Crippen molar-refractivity contribution in [2.45, 2.75) is 6.10 Å². The summed E-state index contributed by atoms with van der Waals surface area (Å²) in [5.74, 6) is -0.467. The Kier molecular flexibility index (Phi) is 6.72. The number of fused-ring (bicyclic) bond motifs is 1. The Morgan fingerprint density at radius 1 is 1.24 bits per heavy atom. The Labute approximate surface area is 172 Å². The Hall–Kier alpha value is -3.06. The van der Waals surface area contributed by atoms with E-state index in [1.165, 1.54) is 29.2 Å².